The standard InChI is InChI=1S/C33H46FN3.C4H11N.2C2H6/c1-4-6-9-18-33(34,19-20-35)25-36-21-16-29(17-22-36)24-37-26(3)31(30-10-7-8-11-32(30)37)23-28-14-12-27(5-2)13-15-28;1-4-5(2)3;2*1-2/h5,7-8,10-15,29H,2,4,6,9,16-25,35H2,1,3H3;4H2,1-3H3;2*1-2H3. The molecule has 2 aromatic carbocycles. The van der Waals surface area contributed by atoms with Crippen LogP contribution in [0.4, 0.5) is 4.39 Å². The molecule has 1 aliphatic heterocycles. The van der Waals surface area contributed by atoms with Crippen LogP contribution in [-0.4, -0.2) is 66.9 Å². The molecule has 0 bridgehead atoms. The Kier molecular flexibility index (Phi) is 20.7. The number of likely N-dealkylation sites (tertiary alicyclic amines) is 1. The number of hydrogen-bond acceptors (Lipinski definition) is 3. The van der Waals surface area contributed by atoms with Crippen molar-refractivity contribution in [3.63, 3.8) is 0 Å². The molecule has 1 unspecified atom stereocenters. The SMILES string of the molecule is C=Cc1ccc(Cc2c(C)n(CC3CCN(CC(F)(CCN)CCCCC)CC3)c3ccccc23)cc1.CC.CC.CCN(C)C. The van der Waals surface area contributed by atoms with Crippen LogP contribution in [0.1, 0.15) is 109 Å². The molecule has 0 radical (unpaired) electrons. The molecule has 2 N–H and O–H groups in total. The number of halogens is 1. The van der Waals surface area contributed by atoms with Gasteiger partial charge in [0.05, 0.1) is 0 Å². The van der Waals surface area contributed by atoms with E-state index in [-0.39, 0.29) is 0 Å². The molecule has 2 heterocycles. The second-order valence-corrected chi connectivity index (χ2v) is 12.6. The number of alkyl halides is 1. The molecular formula is C41H69FN4. The van der Waals surface area contributed by atoms with Crippen molar-refractivity contribution in [2.24, 2.45) is 11.7 Å². The molecule has 0 saturated carbocycles. The van der Waals surface area contributed by atoms with Crippen LogP contribution in [0.25, 0.3) is 17.0 Å². The van der Waals surface area contributed by atoms with Crippen LogP contribution in [0.15, 0.2) is 55.1 Å². The number of benzene rings is 2. The molecule has 260 valence electrons. The number of hydrogen-bond donors (Lipinski definition) is 1. The lowest BCUT2D eigenvalue weighted by Gasteiger charge is -2.37. The minimum Gasteiger partial charge on any atom is -0.344 e. The van der Waals surface area contributed by atoms with Crippen LogP contribution < -0.4 is 5.73 Å². The van der Waals surface area contributed by atoms with Gasteiger partial charge in [-0.1, -0.05) is 116 Å². The second kappa shape index (κ2) is 23.0. The summed E-state index contributed by atoms with van der Waals surface area (Å²) in [7, 11) is 4.11. The Bertz CT molecular complexity index is 1210. The van der Waals surface area contributed by atoms with Gasteiger partial charge in [0.2, 0.25) is 0 Å². The van der Waals surface area contributed by atoms with E-state index in [1.54, 1.807) is 0 Å². The molecule has 1 saturated heterocycles. The van der Waals surface area contributed by atoms with Crippen molar-refractivity contribution >= 4 is 17.0 Å². The topological polar surface area (TPSA) is 37.4 Å². The van der Waals surface area contributed by atoms with E-state index in [0.29, 0.717) is 31.8 Å². The Hall–Kier alpha value is -2.47. The lowest BCUT2D eigenvalue weighted by atomic mass is 9.91. The molecular weight excluding hydrogens is 567 g/mol. The number of nitrogens with zero attached hydrogens (tertiary/aromatic N) is 3. The third-order valence-corrected chi connectivity index (χ3v) is 9.07. The highest BCUT2D eigenvalue weighted by Crippen LogP contribution is 2.32. The van der Waals surface area contributed by atoms with E-state index < -0.39 is 5.67 Å². The van der Waals surface area contributed by atoms with Crippen LogP contribution in [0.5, 0.6) is 0 Å². The van der Waals surface area contributed by atoms with E-state index in [1.807, 2.05) is 33.8 Å². The first kappa shape index (κ1) is 41.6. The summed E-state index contributed by atoms with van der Waals surface area (Å²) >= 11 is 0. The number of para-hydroxylation sites is 1. The first-order chi connectivity index (χ1) is 22.2. The summed E-state index contributed by atoms with van der Waals surface area (Å²) in [4.78, 5) is 4.48. The van der Waals surface area contributed by atoms with Crippen molar-refractivity contribution in [1.82, 2.24) is 14.4 Å². The number of aromatic nitrogens is 1. The molecule has 1 aliphatic rings. The van der Waals surface area contributed by atoms with Crippen LogP contribution in [-0.2, 0) is 13.0 Å². The van der Waals surface area contributed by atoms with Crippen molar-refractivity contribution in [2.75, 3.05) is 46.8 Å². The van der Waals surface area contributed by atoms with Crippen LogP contribution in [0.2, 0.25) is 0 Å². The molecule has 0 amide bonds. The maximum absolute atomic E-state index is 15.7. The van der Waals surface area contributed by atoms with Gasteiger partial charge in [-0.05, 0) is 108 Å². The summed E-state index contributed by atoms with van der Waals surface area (Å²) < 4.78 is 18.2. The molecule has 0 aliphatic carbocycles. The zero-order valence-corrected chi connectivity index (χ0v) is 31.2. The van der Waals surface area contributed by atoms with Crippen molar-refractivity contribution in [3.8, 4) is 0 Å². The van der Waals surface area contributed by atoms with E-state index in [1.165, 1.54) is 27.7 Å². The lowest BCUT2D eigenvalue weighted by molar-refractivity contribution is 0.0544. The Morgan fingerprint density at radius 2 is 1.57 bits per heavy atom. The third kappa shape index (κ3) is 13.3. The fourth-order valence-corrected chi connectivity index (χ4v) is 6.16. The Morgan fingerprint density at radius 1 is 0.957 bits per heavy atom. The van der Waals surface area contributed by atoms with Gasteiger partial charge in [-0.15, -0.1) is 0 Å². The largest absolute Gasteiger partial charge is 0.344 e. The molecule has 4 nitrogen and oxygen atoms in total. The van der Waals surface area contributed by atoms with Gasteiger partial charge in [-0.25, -0.2) is 4.39 Å². The van der Waals surface area contributed by atoms with Crippen molar-refractivity contribution in [1.29, 1.82) is 0 Å². The monoisotopic (exact) mass is 637 g/mol. The van der Waals surface area contributed by atoms with Crippen molar-refractivity contribution in [3.05, 3.63) is 77.5 Å². The summed E-state index contributed by atoms with van der Waals surface area (Å²) in [6, 6.07) is 17.6. The normalized spacial score (nSPS) is 14.8. The summed E-state index contributed by atoms with van der Waals surface area (Å²) in [6.45, 7) is 23.6. The number of piperidine rings is 1. The third-order valence-electron chi connectivity index (χ3n) is 9.07. The quantitative estimate of drug-likeness (QED) is 0.179. The van der Waals surface area contributed by atoms with Gasteiger partial charge in [-0.3, -0.25) is 0 Å². The van der Waals surface area contributed by atoms with Crippen molar-refractivity contribution in [2.45, 2.75) is 112 Å². The summed E-state index contributed by atoms with van der Waals surface area (Å²) in [6.07, 6.45) is 9.39. The summed E-state index contributed by atoms with van der Waals surface area (Å²) in [5.74, 6) is 0.620. The van der Waals surface area contributed by atoms with E-state index in [2.05, 4.69) is 104 Å². The van der Waals surface area contributed by atoms with Crippen LogP contribution in [0.3, 0.4) is 0 Å². The fraction of sp³-hybridized carbons (Fsp3) is 0.610. The molecule has 1 aromatic heterocycles. The average Bonchev–Trinajstić information content (AvgIpc) is 3.34. The fourth-order valence-electron chi connectivity index (χ4n) is 6.16. The Balaban J connectivity index is 0.00000106. The highest BCUT2D eigenvalue weighted by molar-refractivity contribution is 5.86. The number of nitrogens with two attached hydrogens (primary N) is 1. The van der Waals surface area contributed by atoms with E-state index in [0.717, 1.165) is 70.3 Å². The van der Waals surface area contributed by atoms with Gasteiger partial charge in [0.15, 0.2) is 0 Å². The van der Waals surface area contributed by atoms with Crippen LogP contribution in [0, 0.1) is 12.8 Å². The van der Waals surface area contributed by atoms with Gasteiger partial charge in [0, 0.05) is 29.7 Å². The summed E-state index contributed by atoms with van der Waals surface area (Å²) in [5.41, 5.74) is 11.3. The average molecular weight is 637 g/mol. The molecule has 1 atom stereocenters. The zero-order chi connectivity index (χ0) is 34.5. The van der Waals surface area contributed by atoms with Gasteiger partial charge in [0.1, 0.15) is 5.67 Å². The minimum absolute atomic E-state index is 0.430. The molecule has 0 spiro atoms. The summed E-state index contributed by atoms with van der Waals surface area (Å²) in [5, 5.41) is 1.36. The first-order valence-electron chi connectivity index (χ1n) is 18.3. The van der Waals surface area contributed by atoms with Gasteiger partial charge in [-0.2, -0.15) is 0 Å². The van der Waals surface area contributed by atoms with Gasteiger partial charge in [0.25, 0.3) is 0 Å². The number of fused-ring (bicyclic) bond motifs is 1. The maximum Gasteiger partial charge on any atom is 0.124 e. The van der Waals surface area contributed by atoms with E-state index in [4.69, 9.17) is 5.73 Å². The molecule has 3 aromatic rings. The highest BCUT2D eigenvalue weighted by Gasteiger charge is 2.32. The van der Waals surface area contributed by atoms with E-state index >= 15 is 4.39 Å². The second-order valence-electron chi connectivity index (χ2n) is 12.6. The molecule has 5 heteroatoms. The number of unbranched alkanes of at least 4 members (excludes halogenated alkanes) is 2. The first-order valence-corrected chi connectivity index (χ1v) is 18.3. The minimum atomic E-state index is -1.14. The predicted molar refractivity (Wildman–Crippen MR) is 204 cm³/mol. The lowest BCUT2D eigenvalue weighted by Crippen LogP contribution is -2.45. The molecule has 4 rings (SSSR count). The van der Waals surface area contributed by atoms with Gasteiger partial charge < -0.3 is 20.1 Å². The van der Waals surface area contributed by atoms with Gasteiger partial charge >= 0.3 is 0 Å². The predicted octanol–water partition coefficient (Wildman–Crippen LogP) is 10.2. The Morgan fingerprint density at radius 3 is 2.11 bits per heavy atom. The highest BCUT2D eigenvalue weighted by atomic mass is 19.1. The maximum atomic E-state index is 15.7. The molecule has 46 heavy (non-hydrogen) atoms. The molecule has 1 fully saturated rings. The van der Waals surface area contributed by atoms with Crippen molar-refractivity contribution < 1.29 is 4.39 Å². The Labute approximate surface area is 283 Å². The number of rotatable bonds is 14. The van der Waals surface area contributed by atoms with E-state index in [9.17, 15) is 0 Å². The zero-order valence-electron chi connectivity index (χ0n) is 31.2. The van der Waals surface area contributed by atoms with Crippen LogP contribution >= 0.6 is 0 Å². The smallest absolute Gasteiger partial charge is 0.124 e.